The summed E-state index contributed by atoms with van der Waals surface area (Å²) < 4.78 is 5.15. The topological polar surface area (TPSA) is 74.1 Å². The third-order valence-corrected chi connectivity index (χ3v) is 4.97. The number of amides is 3. The molecular formula is C21H25N3O4. The van der Waals surface area contributed by atoms with Gasteiger partial charge in [-0.1, -0.05) is 17.7 Å². The normalized spacial score (nSPS) is 14.1. The molecule has 0 N–H and O–H groups in total. The van der Waals surface area contributed by atoms with Crippen molar-refractivity contribution in [2.75, 3.05) is 37.6 Å². The van der Waals surface area contributed by atoms with Crippen molar-refractivity contribution in [3.8, 4) is 0 Å². The van der Waals surface area contributed by atoms with Gasteiger partial charge >= 0.3 is 0 Å². The number of hydrogen-bond acceptors (Lipinski definition) is 4. The molecule has 0 atom stereocenters. The molecule has 3 amide bonds. The van der Waals surface area contributed by atoms with Crippen LogP contribution in [0.2, 0.25) is 0 Å². The van der Waals surface area contributed by atoms with Gasteiger partial charge in [-0.25, -0.2) is 0 Å². The number of benzene rings is 1. The Morgan fingerprint density at radius 1 is 1.04 bits per heavy atom. The summed E-state index contributed by atoms with van der Waals surface area (Å²) in [5.41, 5.74) is 2.81. The van der Waals surface area contributed by atoms with Gasteiger partial charge in [-0.05, 0) is 37.6 Å². The molecular weight excluding hydrogens is 358 g/mol. The average molecular weight is 383 g/mol. The SMILES string of the molecule is CC(=O)N(CC(=O)N1CCN(C(=O)c2ccco2)CC1)c1ccc(C)cc1C. The number of rotatable bonds is 4. The van der Waals surface area contributed by atoms with E-state index in [-0.39, 0.29) is 24.3 Å². The van der Waals surface area contributed by atoms with Gasteiger partial charge in [-0.2, -0.15) is 0 Å². The van der Waals surface area contributed by atoms with E-state index in [2.05, 4.69) is 0 Å². The molecule has 2 aromatic rings. The largest absolute Gasteiger partial charge is 0.459 e. The highest BCUT2D eigenvalue weighted by Gasteiger charge is 2.28. The Balaban J connectivity index is 1.62. The minimum absolute atomic E-state index is 0.00857. The second-order valence-corrected chi connectivity index (χ2v) is 7.05. The first kappa shape index (κ1) is 19.7. The lowest BCUT2D eigenvalue weighted by molar-refractivity contribution is -0.132. The molecule has 3 rings (SSSR count). The Kier molecular flexibility index (Phi) is 5.82. The number of furan rings is 1. The fourth-order valence-electron chi connectivity index (χ4n) is 3.42. The molecule has 0 bridgehead atoms. The van der Waals surface area contributed by atoms with Crippen LogP contribution in [0.4, 0.5) is 5.69 Å². The summed E-state index contributed by atoms with van der Waals surface area (Å²) in [6.45, 7) is 7.13. The van der Waals surface area contributed by atoms with E-state index in [0.717, 1.165) is 16.8 Å². The maximum Gasteiger partial charge on any atom is 0.289 e. The Morgan fingerprint density at radius 2 is 1.71 bits per heavy atom. The van der Waals surface area contributed by atoms with Gasteiger partial charge in [0.15, 0.2) is 5.76 Å². The van der Waals surface area contributed by atoms with Gasteiger partial charge in [0.1, 0.15) is 6.54 Å². The molecule has 7 nitrogen and oxygen atoms in total. The second kappa shape index (κ2) is 8.29. The van der Waals surface area contributed by atoms with E-state index in [1.807, 2.05) is 32.0 Å². The minimum Gasteiger partial charge on any atom is -0.459 e. The summed E-state index contributed by atoms with van der Waals surface area (Å²) in [7, 11) is 0. The lowest BCUT2D eigenvalue weighted by Gasteiger charge is -2.35. The molecule has 1 saturated heterocycles. The van der Waals surface area contributed by atoms with E-state index < -0.39 is 0 Å². The predicted octanol–water partition coefficient (Wildman–Crippen LogP) is 2.23. The zero-order valence-corrected chi connectivity index (χ0v) is 16.5. The van der Waals surface area contributed by atoms with Gasteiger partial charge in [0, 0.05) is 38.8 Å². The van der Waals surface area contributed by atoms with Gasteiger partial charge in [0.25, 0.3) is 5.91 Å². The molecule has 1 aliphatic rings. The summed E-state index contributed by atoms with van der Waals surface area (Å²) in [5.74, 6) is -0.165. The minimum atomic E-state index is -0.174. The molecule has 0 unspecified atom stereocenters. The quantitative estimate of drug-likeness (QED) is 0.812. The summed E-state index contributed by atoms with van der Waals surface area (Å²) in [6, 6.07) is 9.11. The number of carbonyl (C=O) groups is 3. The molecule has 1 aromatic carbocycles. The van der Waals surface area contributed by atoms with Crippen molar-refractivity contribution in [2.45, 2.75) is 20.8 Å². The Bertz CT molecular complexity index is 868. The molecule has 0 radical (unpaired) electrons. The highest BCUT2D eigenvalue weighted by atomic mass is 16.3. The van der Waals surface area contributed by atoms with Crippen LogP contribution in [-0.4, -0.2) is 60.2 Å². The van der Waals surface area contributed by atoms with Crippen molar-refractivity contribution in [3.05, 3.63) is 53.5 Å². The molecule has 28 heavy (non-hydrogen) atoms. The number of anilines is 1. The fourth-order valence-corrected chi connectivity index (χ4v) is 3.42. The maximum atomic E-state index is 12.8. The Hall–Kier alpha value is -3.09. The smallest absolute Gasteiger partial charge is 0.289 e. The number of piperazine rings is 1. The number of aryl methyl sites for hydroxylation is 2. The molecule has 1 fully saturated rings. The lowest BCUT2D eigenvalue weighted by Crippen LogP contribution is -2.53. The van der Waals surface area contributed by atoms with Crippen molar-refractivity contribution >= 4 is 23.4 Å². The van der Waals surface area contributed by atoms with Crippen molar-refractivity contribution in [3.63, 3.8) is 0 Å². The summed E-state index contributed by atoms with van der Waals surface area (Å²) in [6.07, 6.45) is 1.47. The molecule has 0 saturated carbocycles. The van der Waals surface area contributed by atoms with E-state index in [1.165, 1.54) is 18.1 Å². The van der Waals surface area contributed by atoms with Gasteiger partial charge in [-0.3, -0.25) is 14.4 Å². The Morgan fingerprint density at radius 3 is 2.29 bits per heavy atom. The van der Waals surface area contributed by atoms with Crippen molar-refractivity contribution in [1.29, 1.82) is 0 Å². The highest BCUT2D eigenvalue weighted by Crippen LogP contribution is 2.22. The van der Waals surface area contributed by atoms with E-state index in [1.54, 1.807) is 21.9 Å². The Labute approximate surface area is 164 Å². The third-order valence-electron chi connectivity index (χ3n) is 4.97. The first-order valence-corrected chi connectivity index (χ1v) is 9.32. The third kappa shape index (κ3) is 4.24. The molecule has 1 aliphatic heterocycles. The van der Waals surface area contributed by atoms with E-state index in [9.17, 15) is 14.4 Å². The van der Waals surface area contributed by atoms with Gasteiger partial charge < -0.3 is 19.1 Å². The van der Waals surface area contributed by atoms with Crippen molar-refractivity contribution in [1.82, 2.24) is 9.80 Å². The molecule has 0 aliphatic carbocycles. The van der Waals surface area contributed by atoms with E-state index in [4.69, 9.17) is 4.42 Å². The summed E-state index contributed by atoms with van der Waals surface area (Å²) in [4.78, 5) is 42.2. The van der Waals surface area contributed by atoms with Crippen LogP contribution >= 0.6 is 0 Å². The van der Waals surface area contributed by atoms with E-state index in [0.29, 0.717) is 31.9 Å². The first-order valence-electron chi connectivity index (χ1n) is 9.32. The van der Waals surface area contributed by atoms with Crippen LogP contribution in [0.1, 0.15) is 28.6 Å². The summed E-state index contributed by atoms with van der Waals surface area (Å²) in [5, 5.41) is 0. The number of carbonyl (C=O) groups excluding carboxylic acids is 3. The fraction of sp³-hybridized carbons (Fsp3) is 0.381. The zero-order chi connectivity index (χ0) is 20.3. The van der Waals surface area contributed by atoms with Crippen LogP contribution in [-0.2, 0) is 9.59 Å². The molecule has 0 spiro atoms. The second-order valence-electron chi connectivity index (χ2n) is 7.05. The van der Waals surface area contributed by atoms with Crippen LogP contribution in [0.25, 0.3) is 0 Å². The number of nitrogens with zero attached hydrogens (tertiary/aromatic N) is 3. The van der Waals surface area contributed by atoms with Crippen LogP contribution in [0.15, 0.2) is 41.0 Å². The van der Waals surface area contributed by atoms with Crippen molar-refractivity contribution in [2.24, 2.45) is 0 Å². The van der Waals surface area contributed by atoms with E-state index >= 15 is 0 Å². The van der Waals surface area contributed by atoms with Gasteiger partial charge in [-0.15, -0.1) is 0 Å². The van der Waals surface area contributed by atoms with Crippen LogP contribution < -0.4 is 4.90 Å². The van der Waals surface area contributed by atoms with Crippen molar-refractivity contribution < 1.29 is 18.8 Å². The summed E-state index contributed by atoms with van der Waals surface area (Å²) >= 11 is 0. The average Bonchev–Trinajstić information content (AvgIpc) is 3.20. The zero-order valence-electron chi connectivity index (χ0n) is 16.5. The van der Waals surface area contributed by atoms with Crippen LogP contribution in [0.3, 0.4) is 0 Å². The number of hydrogen-bond donors (Lipinski definition) is 0. The molecule has 2 heterocycles. The predicted molar refractivity (Wildman–Crippen MR) is 105 cm³/mol. The standard InChI is InChI=1S/C21H25N3O4/c1-15-6-7-18(16(2)13-15)24(17(3)25)14-20(26)22-8-10-23(11-9-22)21(27)19-5-4-12-28-19/h4-7,12-13H,8-11,14H2,1-3H3. The van der Waals surface area contributed by atoms with Gasteiger partial charge in [0.2, 0.25) is 11.8 Å². The van der Waals surface area contributed by atoms with Crippen LogP contribution in [0.5, 0.6) is 0 Å². The molecule has 148 valence electrons. The molecule has 1 aromatic heterocycles. The first-order chi connectivity index (χ1) is 13.4. The molecule has 7 heteroatoms. The highest BCUT2D eigenvalue weighted by molar-refractivity contribution is 5.98. The monoisotopic (exact) mass is 383 g/mol. The van der Waals surface area contributed by atoms with Gasteiger partial charge in [0.05, 0.1) is 6.26 Å². The van der Waals surface area contributed by atoms with Crippen LogP contribution in [0, 0.1) is 13.8 Å². The lowest BCUT2D eigenvalue weighted by atomic mass is 10.1. The maximum absolute atomic E-state index is 12.8.